The molecular weight excluding hydrogens is 290 g/mol. The molecule has 1 heterocycles. The summed E-state index contributed by atoms with van der Waals surface area (Å²) in [5.74, 6) is 0.550. The summed E-state index contributed by atoms with van der Waals surface area (Å²) in [6.45, 7) is 3.07. The molecule has 0 aromatic carbocycles. The number of amides is 1. The Morgan fingerprint density at radius 2 is 2.14 bits per heavy atom. The zero-order chi connectivity index (χ0) is 15.3. The molecule has 0 unspecified atom stereocenters. The Balaban J connectivity index is 1.73. The Hall–Kier alpha value is -1.34. The molecule has 0 saturated heterocycles. The molecule has 0 radical (unpaired) electrons. The first-order chi connectivity index (χ1) is 9.86. The van der Waals surface area contributed by atoms with E-state index in [1.807, 2.05) is 6.92 Å². The highest BCUT2D eigenvalue weighted by atomic mass is 32.2. The molecular formula is C14H21N3O3S. The van der Waals surface area contributed by atoms with E-state index in [0.29, 0.717) is 24.2 Å². The van der Waals surface area contributed by atoms with Crippen molar-refractivity contribution < 1.29 is 13.2 Å². The second-order valence-electron chi connectivity index (χ2n) is 6.21. The summed E-state index contributed by atoms with van der Waals surface area (Å²) in [6, 6.07) is 1.35. The first-order valence-electron chi connectivity index (χ1n) is 7.37. The van der Waals surface area contributed by atoms with Gasteiger partial charge in [0.25, 0.3) is 5.91 Å². The van der Waals surface area contributed by atoms with Crippen molar-refractivity contribution in [3.05, 3.63) is 18.0 Å². The summed E-state index contributed by atoms with van der Waals surface area (Å²) in [7, 11) is -3.78. The molecule has 21 heavy (non-hydrogen) atoms. The lowest BCUT2D eigenvalue weighted by Gasteiger charge is -2.15. The quantitative estimate of drug-likeness (QED) is 0.823. The van der Waals surface area contributed by atoms with Gasteiger partial charge < -0.3 is 9.88 Å². The first-order valence-corrected chi connectivity index (χ1v) is 8.91. The number of carbonyl (C=O) groups excluding carboxylic acids is 1. The van der Waals surface area contributed by atoms with Crippen LogP contribution in [0, 0.1) is 11.3 Å². The van der Waals surface area contributed by atoms with Gasteiger partial charge in [0.2, 0.25) is 10.0 Å². The van der Waals surface area contributed by atoms with Crippen LogP contribution in [0.1, 0.15) is 43.1 Å². The van der Waals surface area contributed by atoms with E-state index in [1.165, 1.54) is 37.9 Å². The van der Waals surface area contributed by atoms with E-state index < -0.39 is 10.0 Å². The Labute approximate surface area is 124 Å². The summed E-state index contributed by atoms with van der Waals surface area (Å²) in [4.78, 5) is 12.3. The number of hydrogen-bond donors (Lipinski definition) is 2. The molecule has 2 aliphatic rings. The van der Waals surface area contributed by atoms with Crippen LogP contribution in [0.4, 0.5) is 0 Å². The fraction of sp³-hybridized carbons (Fsp3) is 0.643. The SMILES string of the molecule is CCn1cc(S(N)(=O)=O)cc1C(=O)NCC1(C2CC2)CC1. The minimum atomic E-state index is -3.78. The normalized spacial score (nSPS) is 20.3. The van der Waals surface area contributed by atoms with Crippen molar-refractivity contribution in [2.45, 2.75) is 44.0 Å². The molecule has 116 valence electrons. The van der Waals surface area contributed by atoms with E-state index in [-0.39, 0.29) is 10.8 Å². The highest BCUT2D eigenvalue weighted by Crippen LogP contribution is 2.60. The first kappa shape index (κ1) is 14.6. The number of aryl methyl sites for hydroxylation is 1. The molecule has 2 aliphatic carbocycles. The molecule has 1 aromatic rings. The summed E-state index contributed by atoms with van der Waals surface area (Å²) in [5, 5.41) is 8.09. The maximum absolute atomic E-state index is 12.3. The number of rotatable bonds is 6. The molecule has 7 heteroatoms. The number of hydrogen-bond acceptors (Lipinski definition) is 3. The van der Waals surface area contributed by atoms with Crippen molar-refractivity contribution in [1.82, 2.24) is 9.88 Å². The van der Waals surface area contributed by atoms with E-state index >= 15 is 0 Å². The van der Waals surface area contributed by atoms with E-state index in [1.54, 1.807) is 4.57 Å². The van der Waals surface area contributed by atoms with Crippen LogP contribution in [-0.4, -0.2) is 25.4 Å². The minimum Gasteiger partial charge on any atom is -0.350 e. The summed E-state index contributed by atoms with van der Waals surface area (Å²) in [6.07, 6.45) is 6.34. The lowest BCUT2D eigenvalue weighted by atomic mass is 10.0. The van der Waals surface area contributed by atoms with Crippen molar-refractivity contribution >= 4 is 15.9 Å². The monoisotopic (exact) mass is 311 g/mol. The van der Waals surface area contributed by atoms with Crippen molar-refractivity contribution in [1.29, 1.82) is 0 Å². The second-order valence-corrected chi connectivity index (χ2v) is 7.77. The summed E-state index contributed by atoms with van der Waals surface area (Å²) in [5.41, 5.74) is 0.676. The van der Waals surface area contributed by atoms with Gasteiger partial charge in [0, 0.05) is 19.3 Å². The molecule has 2 saturated carbocycles. The van der Waals surface area contributed by atoms with Crippen LogP contribution >= 0.6 is 0 Å². The van der Waals surface area contributed by atoms with Crippen LogP contribution in [0.2, 0.25) is 0 Å². The van der Waals surface area contributed by atoms with Gasteiger partial charge in [-0.15, -0.1) is 0 Å². The fourth-order valence-corrected chi connectivity index (χ4v) is 3.57. The Bertz CT molecular complexity index is 670. The van der Waals surface area contributed by atoms with Crippen LogP contribution < -0.4 is 10.5 Å². The van der Waals surface area contributed by atoms with E-state index in [4.69, 9.17) is 5.14 Å². The van der Waals surface area contributed by atoms with Gasteiger partial charge in [-0.3, -0.25) is 4.79 Å². The van der Waals surface area contributed by atoms with Gasteiger partial charge in [0.05, 0.1) is 0 Å². The number of nitrogens with zero attached hydrogens (tertiary/aromatic N) is 1. The van der Waals surface area contributed by atoms with Crippen molar-refractivity contribution in [3.8, 4) is 0 Å². The highest BCUT2D eigenvalue weighted by Gasteiger charge is 2.53. The maximum Gasteiger partial charge on any atom is 0.267 e. The number of aromatic nitrogens is 1. The molecule has 0 atom stereocenters. The predicted molar refractivity (Wildman–Crippen MR) is 78.2 cm³/mol. The topological polar surface area (TPSA) is 94.2 Å². The molecule has 3 rings (SSSR count). The molecule has 0 aliphatic heterocycles. The Morgan fingerprint density at radius 1 is 1.48 bits per heavy atom. The number of nitrogens with two attached hydrogens (primary N) is 1. The number of sulfonamides is 1. The van der Waals surface area contributed by atoms with Gasteiger partial charge in [-0.25, -0.2) is 13.6 Å². The fourth-order valence-electron chi connectivity index (χ4n) is 3.02. The Kier molecular flexibility index (Phi) is 3.37. The third-order valence-corrected chi connectivity index (χ3v) is 5.59. The predicted octanol–water partition coefficient (Wildman–Crippen LogP) is 1.08. The Morgan fingerprint density at radius 3 is 2.62 bits per heavy atom. The molecule has 6 nitrogen and oxygen atoms in total. The minimum absolute atomic E-state index is 0.0159. The molecule has 1 amide bonds. The van der Waals surface area contributed by atoms with E-state index in [9.17, 15) is 13.2 Å². The third-order valence-electron chi connectivity index (χ3n) is 4.71. The molecule has 3 N–H and O–H groups in total. The van der Waals surface area contributed by atoms with Crippen LogP contribution in [0.25, 0.3) is 0 Å². The molecule has 2 fully saturated rings. The molecule has 0 spiro atoms. The lowest BCUT2D eigenvalue weighted by molar-refractivity contribution is 0.0933. The van der Waals surface area contributed by atoms with Crippen LogP contribution in [0.15, 0.2) is 17.2 Å². The van der Waals surface area contributed by atoms with Gasteiger partial charge in [-0.1, -0.05) is 0 Å². The van der Waals surface area contributed by atoms with Gasteiger partial charge in [0.1, 0.15) is 10.6 Å². The molecule has 1 aromatic heterocycles. The highest BCUT2D eigenvalue weighted by molar-refractivity contribution is 7.89. The summed E-state index contributed by atoms with van der Waals surface area (Å²) < 4.78 is 24.4. The number of carbonyl (C=O) groups is 1. The number of nitrogens with one attached hydrogen (secondary N) is 1. The van der Waals surface area contributed by atoms with Gasteiger partial charge in [0.15, 0.2) is 0 Å². The van der Waals surface area contributed by atoms with Crippen molar-refractivity contribution in [3.63, 3.8) is 0 Å². The van der Waals surface area contributed by atoms with Gasteiger partial charge in [-0.05, 0) is 50.0 Å². The molecule has 0 bridgehead atoms. The van der Waals surface area contributed by atoms with Gasteiger partial charge >= 0.3 is 0 Å². The van der Waals surface area contributed by atoms with E-state index in [2.05, 4.69) is 5.32 Å². The average Bonchev–Trinajstić information content (AvgIpc) is 3.31. The maximum atomic E-state index is 12.3. The van der Waals surface area contributed by atoms with Crippen molar-refractivity contribution in [2.24, 2.45) is 16.5 Å². The van der Waals surface area contributed by atoms with Crippen LogP contribution in [0.5, 0.6) is 0 Å². The third kappa shape index (κ3) is 2.85. The zero-order valence-corrected chi connectivity index (χ0v) is 12.9. The van der Waals surface area contributed by atoms with Gasteiger partial charge in [-0.2, -0.15) is 0 Å². The van der Waals surface area contributed by atoms with Crippen molar-refractivity contribution in [2.75, 3.05) is 6.54 Å². The number of primary sulfonamides is 1. The zero-order valence-electron chi connectivity index (χ0n) is 12.1. The van der Waals surface area contributed by atoms with Crippen LogP contribution in [0.3, 0.4) is 0 Å². The van der Waals surface area contributed by atoms with Crippen LogP contribution in [-0.2, 0) is 16.6 Å². The average molecular weight is 311 g/mol. The summed E-state index contributed by atoms with van der Waals surface area (Å²) >= 11 is 0. The largest absolute Gasteiger partial charge is 0.350 e. The smallest absolute Gasteiger partial charge is 0.267 e. The van der Waals surface area contributed by atoms with E-state index in [0.717, 1.165) is 5.92 Å². The second kappa shape index (κ2) is 4.84. The standard InChI is InChI=1S/C14H21N3O3S/c1-2-17-8-11(21(15,19)20)7-12(17)13(18)16-9-14(5-6-14)10-3-4-10/h7-8,10H,2-6,9H2,1H3,(H,16,18)(H2,15,19,20). The lowest BCUT2D eigenvalue weighted by Crippen LogP contribution is -2.32.